The van der Waals surface area contributed by atoms with Gasteiger partial charge < -0.3 is 24.6 Å². The summed E-state index contributed by atoms with van der Waals surface area (Å²) in [6, 6.07) is 10.9. The Labute approximate surface area is 187 Å². The molecular weight excluding hydrogens is 410 g/mol. The summed E-state index contributed by atoms with van der Waals surface area (Å²) in [4.78, 5) is 41.0. The van der Waals surface area contributed by atoms with Crippen LogP contribution in [0.3, 0.4) is 0 Å². The number of benzene rings is 2. The molecule has 0 bridgehead atoms. The topological polar surface area (TPSA) is 88.2 Å². The van der Waals surface area contributed by atoms with E-state index in [-0.39, 0.29) is 30.7 Å². The first kappa shape index (κ1) is 21.7. The van der Waals surface area contributed by atoms with Crippen molar-refractivity contribution in [3.8, 4) is 11.5 Å². The minimum Gasteiger partial charge on any atom is -0.495 e. The Morgan fingerprint density at radius 2 is 1.75 bits per heavy atom. The predicted molar refractivity (Wildman–Crippen MR) is 121 cm³/mol. The zero-order valence-corrected chi connectivity index (χ0v) is 18.5. The number of nitrogens with zero attached hydrogens (tertiary/aromatic N) is 2. The Morgan fingerprint density at radius 1 is 0.969 bits per heavy atom. The molecule has 4 rings (SSSR count). The van der Waals surface area contributed by atoms with Crippen molar-refractivity contribution < 1.29 is 23.9 Å². The molecule has 2 aromatic rings. The van der Waals surface area contributed by atoms with E-state index >= 15 is 0 Å². The monoisotopic (exact) mass is 437 g/mol. The van der Waals surface area contributed by atoms with E-state index in [4.69, 9.17) is 9.47 Å². The fourth-order valence-electron chi connectivity index (χ4n) is 4.25. The summed E-state index contributed by atoms with van der Waals surface area (Å²) in [6.07, 6.45) is 1.47. The molecule has 0 spiro atoms. The van der Waals surface area contributed by atoms with Crippen molar-refractivity contribution in [1.82, 2.24) is 0 Å². The van der Waals surface area contributed by atoms with Gasteiger partial charge in [0.05, 0.1) is 31.5 Å². The molecule has 2 heterocycles. The molecule has 168 valence electrons. The van der Waals surface area contributed by atoms with E-state index < -0.39 is 5.92 Å². The molecule has 0 radical (unpaired) electrons. The van der Waals surface area contributed by atoms with Crippen molar-refractivity contribution in [2.45, 2.75) is 26.2 Å². The Bertz CT molecular complexity index is 1070. The molecule has 1 atom stereocenters. The van der Waals surface area contributed by atoms with Gasteiger partial charge in [-0.05, 0) is 43.2 Å². The summed E-state index contributed by atoms with van der Waals surface area (Å²) in [6.45, 7) is 2.88. The number of carbonyl (C=O) groups excluding carboxylic acids is 3. The van der Waals surface area contributed by atoms with Crippen LogP contribution in [0.1, 0.15) is 24.8 Å². The summed E-state index contributed by atoms with van der Waals surface area (Å²) in [5, 5.41) is 2.89. The van der Waals surface area contributed by atoms with Crippen LogP contribution in [0.5, 0.6) is 11.5 Å². The van der Waals surface area contributed by atoms with Crippen LogP contribution in [0.25, 0.3) is 0 Å². The lowest BCUT2D eigenvalue weighted by molar-refractivity contribution is -0.122. The molecule has 8 heteroatoms. The van der Waals surface area contributed by atoms with E-state index in [1.807, 2.05) is 25.1 Å². The third-order valence-corrected chi connectivity index (χ3v) is 5.93. The quantitative estimate of drug-likeness (QED) is 0.750. The molecule has 0 aromatic heterocycles. The highest BCUT2D eigenvalue weighted by atomic mass is 16.5. The van der Waals surface area contributed by atoms with Gasteiger partial charge in [-0.25, -0.2) is 0 Å². The Morgan fingerprint density at radius 3 is 2.44 bits per heavy atom. The van der Waals surface area contributed by atoms with Gasteiger partial charge in [-0.3, -0.25) is 14.4 Å². The van der Waals surface area contributed by atoms with E-state index in [1.165, 1.54) is 7.11 Å². The second-order valence-electron chi connectivity index (χ2n) is 8.11. The SMILES string of the molecule is COc1cc(NC(=O)[C@H]2CC(=O)N(c3cc(C)ccc3OC)C2)ccc1N1CCCC1=O. The summed E-state index contributed by atoms with van der Waals surface area (Å²) in [5.41, 5.74) is 2.93. The van der Waals surface area contributed by atoms with Gasteiger partial charge in [0, 0.05) is 37.7 Å². The molecule has 32 heavy (non-hydrogen) atoms. The Kier molecular flexibility index (Phi) is 6.03. The molecule has 2 aliphatic heterocycles. The highest BCUT2D eigenvalue weighted by molar-refractivity contribution is 6.04. The van der Waals surface area contributed by atoms with E-state index in [0.717, 1.165) is 12.0 Å². The number of amides is 3. The van der Waals surface area contributed by atoms with Gasteiger partial charge >= 0.3 is 0 Å². The standard InChI is InChI=1S/C24H27N3O5/c1-15-6-9-20(31-2)19(11-15)27-14-16(12-23(27)29)24(30)25-17-7-8-18(21(13-17)32-3)26-10-4-5-22(26)28/h6-9,11,13,16H,4-5,10,12,14H2,1-3H3,(H,25,30)/t16-/m0/s1. The summed E-state index contributed by atoms with van der Waals surface area (Å²) < 4.78 is 10.9. The van der Waals surface area contributed by atoms with Crippen LogP contribution in [0.4, 0.5) is 17.1 Å². The number of methoxy groups -OCH3 is 2. The van der Waals surface area contributed by atoms with Gasteiger partial charge in [-0.1, -0.05) is 6.07 Å². The van der Waals surface area contributed by atoms with Crippen LogP contribution in [0, 0.1) is 12.8 Å². The third kappa shape index (κ3) is 4.12. The number of nitrogens with one attached hydrogen (secondary N) is 1. The lowest BCUT2D eigenvalue weighted by Gasteiger charge is -2.21. The van der Waals surface area contributed by atoms with E-state index in [1.54, 1.807) is 35.1 Å². The summed E-state index contributed by atoms with van der Waals surface area (Å²) in [7, 11) is 3.10. The smallest absolute Gasteiger partial charge is 0.229 e. The third-order valence-electron chi connectivity index (χ3n) is 5.93. The molecule has 2 fully saturated rings. The summed E-state index contributed by atoms with van der Waals surface area (Å²) in [5.74, 6) is 0.345. The van der Waals surface area contributed by atoms with Gasteiger partial charge in [0.15, 0.2) is 0 Å². The largest absolute Gasteiger partial charge is 0.495 e. The second-order valence-corrected chi connectivity index (χ2v) is 8.11. The zero-order valence-electron chi connectivity index (χ0n) is 18.5. The number of aryl methyl sites for hydroxylation is 1. The molecule has 8 nitrogen and oxygen atoms in total. The number of anilines is 3. The molecule has 0 aliphatic carbocycles. The first-order valence-corrected chi connectivity index (χ1v) is 10.7. The normalized spacial score (nSPS) is 18.3. The molecule has 2 aliphatic rings. The first-order chi connectivity index (χ1) is 15.4. The fraction of sp³-hybridized carbons (Fsp3) is 0.375. The van der Waals surface area contributed by atoms with E-state index in [0.29, 0.717) is 41.5 Å². The first-order valence-electron chi connectivity index (χ1n) is 10.7. The molecule has 0 unspecified atom stereocenters. The number of rotatable bonds is 6. The van der Waals surface area contributed by atoms with Crippen LogP contribution in [0.2, 0.25) is 0 Å². The maximum absolute atomic E-state index is 12.9. The zero-order chi connectivity index (χ0) is 22.8. The van der Waals surface area contributed by atoms with E-state index in [2.05, 4.69) is 5.32 Å². The van der Waals surface area contributed by atoms with Crippen LogP contribution in [0.15, 0.2) is 36.4 Å². The van der Waals surface area contributed by atoms with Gasteiger partial charge in [-0.15, -0.1) is 0 Å². The minimum atomic E-state index is -0.487. The van der Waals surface area contributed by atoms with Crippen molar-refractivity contribution in [2.24, 2.45) is 5.92 Å². The van der Waals surface area contributed by atoms with Crippen molar-refractivity contribution in [1.29, 1.82) is 0 Å². The van der Waals surface area contributed by atoms with Crippen molar-refractivity contribution >= 4 is 34.8 Å². The predicted octanol–water partition coefficient (Wildman–Crippen LogP) is 3.13. The maximum Gasteiger partial charge on any atom is 0.229 e. The average molecular weight is 437 g/mol. The molecule has 1 N–H and O–H groups in total. The summed E-state index contributed by atoms with van der Waals surface area (Å²) >= 11 is 0. The Hall–Kier alpha value is -3.55. The number of ether oxygens (including phenoxy) is 2. The molecular formula is C24H27N3O5. The van der Waals surface area contributed by atoms with Gasteiger partial charge in [0.1, 0.15) is 11.5 Å². The van der Waals surface area contributed by atoms with Gasteiger partial charge in [-0.2, -0.15) is 0 Å². The molecule has 0 saturated carbocycles. The van der Waals surface area contributed by atoms with Crippen molar-refractivity contribution in [2.75, 3.05) is 42.4 Å². The lowest BCUT2D eigenvalue weighted by Crippen LogP contribution is -2.28. The van der Waals surface area contributed by atoms with Crippen LogP contribution < -0.4 is 24.6 Å². The minimum absolute atomic E-state index is 0.0659. The highest BCUT2D eigenvalue weighted by Gasteiger charge is 2.36. The van der Waals surface area contributed by atoms with Crippen LogP contribution in [-0.4, -0.2) is 45.0 Å². The molecule has 3 amide bonds. The number of hydrogen-bond acceptors (Lipinski definition) is 5. The number of hydrogen-bond donors (Lipinski definition) is 1. The van der Waals surface area contributed by atoms with E-state index in [9.17, 15) is 14.4 Å². The van der Waals surface area contributed by atoms with Crippen molar-refractivity contribution in [3.05, 3.63) is 42.0 Å². The van der Waals surface area contributed by atoms with Gasteiger partial charge in [0.25, 0.3) is 0 Å². The maximum atomic E-state index is 12.9. The van der Waals surface area contributed by atoms with Crippen molar-refractivity contribution in [3.63, 3.8) is 0 Å². The lowest BCUT2D eigenvalue weighted by atomic mass is 10.1. The molecule has 2 aromatic carbocycles. The average Bonchev–Trinajstić information content (AvgIpc) is 3.39. The second kappa shape index (κ2) is 8.90. The van der Waals surface area contributed by atoms with Crippen LogP contribution >= 0.6 is 0 Å². The number of carbonyl (C=O) groups is 3. The highest BCUT2D eigenvalue weighted by Crippen LogP contribution is 2.36. The van der Waals surface area contributed by atoms with Crippen LogP contribution in [-0.2, 0) is 14.4 Å². The molecule has 2 saturated heterocycles. The van der Waals surface area contributed by atoms with Gasteiger partial charge in [0.2, 0.25) is 17.7 Å². The Balaban J connectivity index is 1.48. The fourth-order valence-corrected chi connectivity index (χ4v) is 4.25.